The minimum Gasteiger partial charge on any atom is -0.355 e. The van der Waals surface area contributed by atoms with Crippen LogP contribution in [-0.2, 0) is 11.2 Å². The van der Waals surface area contributed by atoms with E-state index < -0.39 is 0 Å². The van der Waals surface area contributed by atoms with Crippen LogP contribution in [0.25, 0.3) is 0 Å². The third-order valence-electron chi connectivity index (χ3n) is 3.07. The summed E-state index contributed by atoms with van der Waals surface area (Å²) in [5, 5.41) is 6.27. The van der Waals surface area contributed by atoms with E-state index in [1.165, 1.54) is 0 Å². The molecule has 0 aromatic carbocycles. The molecule has 1 aliphatic heterocycles. The molecule has 1 aliphatic rings. The first-order valence-electron chi connectivity index (χ1n) is 6.43. The van der Waals surface area contributed by atoms with E-state index in [1.807, 2.05) is 12.1 Å². The van der Waals surface area contributed by atoms with Crippen LogP contribution in [0.2, 0.25) is 0 Å². The lowest BCUT2D eigenvalue weighted by Gasteiger charge is -2.27. The first-order valence-corrected chi connectivity index (χ1v) is 6.43. The maximum Gasteiger partial charge on any atom is 0.224 e. The molecule has 0 spiro atoms. The zero-order chi connectivity index (χ0) is 12.6. The molecular formula is C13H20N4O. The van der Waals surface area contributed by atoms with E-state index in [0.717, 1.165) is 44.8 Å². The highest BCUT2D eigenvalue weighted by atomic mass is 16.1. The summed E-state index contributed by atoms with van der Waals surface area (Å²) < 4.78 is 0. The number of hydrogen-bond acceptors (Lipinski definition) is 4. The van der Waals surface area contributed by atoms with Gasteiger partial charge in [0.2, 0.25) is 5.91 Å². The van der Waals surface area contributed by atoms with Gasteiger partial charge in [-0.25, -0.2) is 0 Å². The summed E-state index contributed by atoms with van der Waals surface area (Å²) in [7, 11) is 0. The predicted molar refractivity (Wildman–Crippen MR) is 70.3 cm³/mol. The van der Waals surface area contributed by atoms with E-state index in [0.29, 0.717) is 6.42 Å². The van der Waals surface area contributed by atoms with Gasteiger partial charge in [-0.3, -0.25) is 14.7 Å². The minimum atomic E-state index is 0.0799. The number of pyridine rings is 1. The Morgan fingerprint density at radius 3 is 2.78 bits per heavy atom. The van der Waals surface area contributed by atoms with Gasteiger partial charge in [0.15, 0.2) is 0 Å². The molecule has 5 heteroatoms. The van der Waals surface area contributed by atoms with Crippen molar-refractivity contribution in [3.05, 3.63) is 30.1 Å². The quantitative estimate of drug-likeness (QED) is 0.747. The van der Waals surface area contributed by atoms with Gasteiger partial charge in [0.05, 0.1) is 6.42 Å². The smallest absolute Gasteiger partial charge is 0.224 e. The number of aromatic nitrogens is 1. The van der Waals surface area contributed by atoms with Crippen molar-refractivity contribution >= 4 is 5.91 Å². The Hall–Kier alpha value is -1.46. The van der Waals surface area contributed by atoms with E-state index in [4.69, 9.17) is 0 Å². The molecule has 2 N–H and O–H groups in total. The van der Waals surface area contributed by atoms with Gasteiger partial charge in [0, 0.05) is 51.7 Å². The van der Waals surface area contributed by atoms with Gasteiger partial charge in [-0.15, -0.1) is 0 Å². The molecule has 5 nitrogen and oxygen atoms in total. The third kappa shape index (κ3) is 4.43. The highest BCUT2D eigenvalue weighted by Crippen LogP contribution is 1.97. The van der Waals surface area contributed by atoms with Crippen molar-refractivity contribution in [1.82, 2.24) is 20.5 Å². The van der Waals surface area contributed by atoms with Crippen LogP contribution < -0.4 is 10.6 Å². The summed E-state index contributed by atoms with van der Waals surface area (Å²) in [6.07, 6.45) is 3.86. The minimum absolute atomic E-state index is 0.0799. The molecule has 1 aromatic rings. The van der Waals surface area contributed by atoms with Crippen molar-refractivity contribution in [2.75, 3.05) is 39.3 Å². The maximum absolute atomic E-state index is 11.7. The van der Waals surface area contributed by atoms with Crippen molar-refractivity contribution < 1.29 is 4.79 Å². The average molecular weight is 248 g/mol. The zero-order valence-corrected chi connectivity index (χ0v) is 10.6. The molecule has 0 aliphatic carbocycles. The lowest BCUT2D eigenvalue weighted by Crippen LogP contribution is -2.46. The molecule has 0 unspecified atom stereocenters. The molecule has 2 heterocycles. The summed E-state index contributed by atoms with van der Waals surface area (Å²) in [6.45, 7) is 5.89. The van der Waals surface area contributed by atoms with E-state index in [-0.39, 0.29) is 5.91 Å². The summed E-state index contributed by atoms with van der Waals surface area (Å²) in [4.78, 5) is 18.0. The summed E-state index contributed by atoms with van der Waals surface area (Å²) >= 11 is 0. The first-order chi connectivity index (χ1) is 8.84. The number of rotatable bonds is 5. The monoisotopic (exact) mass is 248 g/mol. The summed E-state index contributed by atoms with van der Waals surface area (Å²) in [5.74, 6) is 0.0799. The van der Waals surface area contributed by atoms with Crippen molar-refractivity contribution in [2.24, 2.45) is 0 Å². The SMILES string of the molecule is O=C(Cc1ccncc1)NCCN1CCNCC1. The molecule has 2 rings (SSSR count). The van der Waals surface area contributed by atoms with Crippen LogP contribution in [0.5, 0.6) is 0 Å². The highest BCUT2D eigenvalue weighted by Gasteiger charge is 2.09. The molecule has 0 bridgehead atoms. The van der Waals surface area contributed by atoms with Crippen LogP contribution >= 0.6 is 0 Å². The maximum atomic E-state index is 11.7. The van der Waals surface area contributed by atoms with Crippen LogP contribution in [0.4, 0.5) is 0 Å². The van der Waals surface area contributed by atoms with Crippen molar-refractivity contribution in [3.8, 4) is 0 Å². The number of carbonyl (C=O) groups excluding carboxylic acids is 1. The number of carbonyl (C=O) groups is 1. The van der Waals surface area contributed by atoms with Crippen molar-refractivity contribution in [2.45, 2.75) is 6.42 Å². The van der Waals surface area contributed by atoms with Crippen molar-refractivity contribution in [1.29, 1.82) is 0 Å². The van der Waals surface area contributed by atoms with E-state index in [1.54, 1.807) is 12.4 Å². The normalized spacial score (nSPS) is 16.4. The largest absolute Gasteiger partial charge is 0.355 e. The molecule has 0 radical (unpaired) electrons. The Kier molecular flexibility index (Phi) is 5.11. The van der Waals surface area contributed by atoms with E-state index >= 15 is 0 Å². The molecule has 0 saturated carbocycles. The fraction of sp³-hybridized carbons (Fsp3) is 0.538. The van der Waals surface area contributed by atoms with Crippen LogP contribution in [0, 0.1) is 0 Å². The Bertz CT molecular complexity index is 363. The van der Waals surface area contributed by atoms with Gasteiger partial charge in [0.25, 0.3) is 0 Å². The third-order valence-corrected chi connectivity index (χ3v) is 3.07. The summed E-state index contributed by atoms with van der Waals surface area (Å²) in [5.41, 5.74) is 1.00. The fourth-order valence-corrected chi connectivity index (χ4v) is 2.04. The highest BCUT2D eigenvalue weighted by molar-refractivity contribution is 5.78. The van der Waals surface area contributed by atoms with E-state index in [2.05, 4.69) is 20.5 Å². The Morgan fingerprint density at radius 1 is 1.33 bits per heavy atom. The molecule has 98 valence electrons. The molecular weight excluding hydrogens is 228 g/mol. The second kappa shape index (κ2) is 7.08. The van der Waals surface area contributed by atoms with E-state index in [9.17, 15) is 4.79 Å². The molecule has 0 atom stereocenters. The van der Waals surface area contributed by atoms with Gasteiger partial charge >= 0.3 is 0 Å². The molecule has 1 saturated heterocycles. The molecule has 1 amide bonds. The van der Waals surface area contributed by atoms with Crippen LogP contribution in [0.3, 0.4) is 0 Å². The van der Waals surface area contributed by atoms with Crippen LogP contribution in [0.1, 0.15) is 5.56 Å². The van der Waals surface area contributed by atoms with Crippen LogP contribution in [0.15, 0.2) is 24.5 Å². The Morgan fingerprint density at radius 2 is 2.06 bits per heavy atom. The number of hydrogen-bond donors (Lipinski definition) is 2. The Balaban J connectivity index is 1.62. The van der Waals surface area contributed by atoms with Gasteiger partial charge in [-0.05, 0) is 17.7 Å². The second-order valence-electron chi connectivity index (χ2n) is 4.47. The first kappa shape index (κ1) is 13.0. The second-order valence-corrected chi connectivity index (χ2v) is 4.47. The average Bonchev–Trinajstić information content (AvgIpc) is 2.41. The number of nitrogens with one attached hydrogen (secondary N) is 2. The molecule has 18 heavy (non-hydrogen) atoms. The predicted octanol–water partition coefficient (Wildman–Crippen LogP) is -0.354. The fourth-order valence-electron chi connectivity index (χ4n) is 2.04. The van der Waals surface area contributed by atoms with Gasteiger partial charge in [0.1, 0.15) is 0 Å². The number of piperazine rings is 1. The molecule has 1 aromatic heterocycles. The van der Waals surface area contributed by atoms with Crippen molar-refractivity contribution in [3.63, 3.8) is 0 Å². The lowest BCUT2D eigenvalue weighted by molar-refractivity contribution is -0.120. The van der Waals surface area contributed by atoms with Gasteiger partial charge < -0.3 is 10.6 Å². The van der Waals surface area contributed by atoms with Gasteiger partial charge in [-0.1, -0.05) is 0 Å². The molecule has 1 fully saturated rings. The number of amides is 1. The zero-order valence-electron chi connectivity index (χ0n) is 10.6. The lowest BCUT2D eigenvalue weighted by atomic mass is 10.2. The standard InChI is InChI=1S/C13H20N4O/c18-13(11-12-1-3-14-4-2-12)16-7-10-17-8-5-15-6-9-17/h1-4,15H,5-11H2,(H,16,18). The van der Waals surface area contributed by atoms with Gasteiger partial charge in [-0.2, -0.15) is 0 Å². The summed E-state index contributed by atoms with van der Waals surface area (Å²) in [6, 6.07) is 3.74. The van der Waals surface area contributed by atoms with Crippen LogP contribution in [-0.4, -0.2) is 55.1 Å². The topological polar surface area (TPSA) is 57.3 Å². The number of nitrogens with zero attached hydrogens (tertiary/aromatic N) is 2. The Labute approximate surface area is 108 Å².